The predicted molar refractivity (Wildman–Crippen MR) is 114 cm³/mol. The number of methoxy groups -OCH3 is 1. The van der Waals surface area contributed by atoms with Gasteiger partial charge in [0, 0.05) is 9.13 Å². The number of hydrogen-bond donors (Lipinski definition) is 1. The molecule has 27 heavy (non-hydrogen) atoms. The summed E-state index contributed by atoms with van der Waals surface area (Å²) in [6.07, 6.45) is -0.291. The standard InChI is InChI=1S/C23H21IO3/c1-23(25)19-14-18(26-2)12-13-20(19)27-22(16-8-10-17(24)11-9-16)21(23)15-6-4-3-5-7-15/h3-14,21-22,25H,1-2H3. The van der Waals surface area contributed by atoms with Crippen molar-refractivity contribution in [2.75, 3.05) is 7.11 Å². The third-order valence-corrected chi connectivity index (χ3v) is 5.97. The van der Waals surface area contributed by atoms with Gasteiger partial charge in [0.15, 0.2) is 0 Å². The van der Waals surface area contributed by atoms with Crippen LogP contribution in [0, 0.1) is 3.57 Å². The first-order chi connectivity index (χ1) is 13.0. The molecule has 0 bridgehead atoms. The van der Waals surface area contributed by atoms with Gasteiger partial charge in [-0.3, -0.25) is 0 Å². The molecule has 138 valence electrons. The Morgan fingerprint density at radius 3 is 2.33 bits per heavy atom. The first kappa shape index (κ1) is 18.3. The van der Waals surface area contributed by atoms with E-state index in [1.165, 1.54) is 3.57 Å². The molecule has 0 amide bonds. The van der Waals surface area contributed by atoms with E-state index in [0.29, 0.717) is 11.5 Å². The zero-order valence-electron chi connectivity index (χ0n) is 15.2. The van der Waals surface area contributed by atoms with Gasteiger partial charge in [0.1, 0.15) is 23.2 Å². The molecule has 3 aromatic rings. The second kappa shape index (κ2) is 7.17. The number of rotatable bonds is 3. The highest BCUT2D eigenvalue weighted by Crippen LogP contribution is 2.53. The van der Waals surface area contributed by atoms with Gasteiger partial charge in [-0.1, -0.05) is 42.5 Å². The summed E-state index contributed by atoms with van der Waals surface area (Å²) in [6, 6.07) is 24.0. The van der Waals surface area contributed by atoms with Gasteiger partial charge in [0.2, 0.25) is 0 Å². The fourth-order valence-corrected chi connectivity index (χ4v) is 4.23. The van der Waals surface area contributed by atoms with Gasteiger partial charge >= 0.3 is 0 Å². The van der Waals surface area contributed by atoms with Gasteiger partial charge in [0.05, 0.1) is 13.0 Å². The summed E-state index contributed by atoms with van der Waals surface area (Å²) in [5.41, 5.74) is 1.72. The highest BCUT2D eigenvalue weighted by Gasteiger charge is 2.47. The van der Waals surface area contributed by atoms with Gasteiger partial charge in [-0.25, -0.2) is 0 Å². The van der Waals surface area contributed by atoms with Crippen LogP contribution in [0.3, 0.4) is 0 Å². The third kappa shape index (κ3) is 3.32. The van der Waals surface area contributed by atoms with E-state index in [-0.39, 0.29) is 12.0 Å². The molecule has 0 radical (unpaired) electrons. The molecule has 4 rings (SSSR count). The fraction of sp³-hybridized carbons (Fsp3) is 0.217. The van der Waals surface area contributed by atoms with Gasteiger partial charge < -0.3 is 14.6 Å². The van der Waals surface area contributed by atoms with E-state index in [0.717, 1.165) is 16.7 Å². The van der Waals surface area contributed by atoms with Crippen LogP contribution in [0.15, 0.2) is 72.8 Å². The number of aliphatic hydroxyl groups is 1. The lowest BCUT2D eigenvalue weighted by Crippen LogP contribution is -2.40. The number of fused-ring (bicyclic) bond motifs is 1. The lowest BCUT2D eigenvalue weighted by molar-refractivity contribution is -0.0426. The Hall–Kier alpha value is -2.05. The topological polar surface area (TPSA) is 38.7 Å². The van der Waals surface area contributed by atoms with E-state index in [4.69, 9.17) is 9.47 Å². The van der Waals surface area contributed by atoms with Crippen LogP contribution >= 0.6 is 22.6 Å². The molecule has 1 heterocycles. The van der Waals surface area contributed by atoms with Crippen molar-refractivity contribution in [3.05, 3.63) is 93.1 Å². The molecule has 3 aromatic carbocycles. The van der Waals surface area contributed by atoms with Crippen molar-refractivity contribution in [2.45, 2.75) is 24.5 Å². The highest BCUT2D eigenvalue weighted by atomic mass is 127. The van der Waals surface area contributed by atoms with E-state index in [9.17, 15) is 5.11 Å². The minimum atomic E-state index is -1.11. The fourth-order valence-electron chi connectivity index (χ4n) is 3.87. The summed E-state index contributed by atoms with van der Waals surface area (Å²) in [4.78, 5) is 0. The van der Waals surface area contributed by atoms with Crippen LogP contribution in [0.1, 0.15) is 35.6 Å². The average Bonchev–Trinajstić information content (AvgIpc) is 2.68. The molecule has 3 unspecified atom stereocenters. The van der Waals surface area contributed by atoms with E-state index in [2.05, 4.69) is 46.9 Å². The number of halogens is 1. The van der Waals surface area contributed by atoms with Crippen LogP contribution < -0.4 is 9.47 Å². The van der Waals surface area contributed by atoms with Gasteiger partial charge in [-0.05, 0) is 71.0 Å². The first-order valence-corrected chi connectivity index (χ1v) is 9.96. The summed E-state index contributed by atoms with van der Waals surface area (Å²) in [5.74, 6) is 1.15. The molecule has 0 aromatic heterocycles. The first-order valence-electron chi connectivity index (χ1n) is 8.88. The normalized spacial score (nSPS) is 24.0. The zero-order valence-corrected chi connectivity index (χ0v) is 17.4. The molecule has 3 atom stereocenters. The molecule has 1 aliphatic heterocycles. The SMILES string of the molecule is COc1ccc2c(c1)C(C)(O)C(c1ccccc1)C(c1ccc(I)cc1)O2. The van der Waals surface area contributed by atoms with Crippen molar-refractivity contribution >= 4 is 22.6 Å². The second-order valence-corrected chi connectivity index (χ2v) is 8.23. The lowest BCUT2D eigenvalue weighted by Gasteiger charge is -2.44. The minimum Gasteiger partial charge on any atom is -0.497 e. The maximum atomic E-state index is 11.7. The van der Waals surface area contributed by atoms with E-state index >= 15 is 0 Å². The smallest absolute Gasteiger partial charge is 0.134 e. The number of benzene rings is 3. The van der Waals surface area contributed by atoms with Crippen LogP contribution in [-0.4, -0.2) is 12.2 Å². The van der Waals surface area contributed by atoms with Crippen molar-refractivity contribution in [2.24, 2.45) is 0 Å². The summed E-state index contributed by atoms with van der Waals surface area (Å²) in [7, 11) is 1.63. The zero-order chi connectivity index (χ0) is 19.0. The molecule has 0 saturated carbocycles. The summed E-state index contributed by atoms with van der Waals surface area (Å²) in [5, 5.41) is 11.7. The molecule has 0 saturated heterocycles. The van der Waals surface area contributed by atoms with Gasteiger partial charge in [0.25, 0.3) is 0 Å². The Bertz CT molecular complexity index is 936. The Balaban J connectivity index is 1.90. The molecule has 3 nitrogen and oxygen atoms in total. The molecule has 0 fully saturated rings. The lowest BCUT2D eigenvalue weighted by atomic mass is 9.71. The maximum Gasteiger partial charge on any atom is 0.134 e. The summed E-state index contributed by atoms with van der Waals surface area (Å²) < 4.78 is 13.0. The van der Waals surface area contributed by atoms with E-state index < -0.39 is 5.60 Å². The van der Waals surface area contributed by atoms with Crippen LogP contribution in [0.2, 0.25) is 0 Å². The van der Waals surface area contributed by atoms with Crippen LogP contribution in [0.4, 0.5) is 0 Å². The van der Waals surface area contributed by atoms with E-state index in [1.807, 2.05) is 55.5 Å². The molecule has 1 aliphatic rings. The second-order valence-electron chi connectivity index (χ2n) is 6.99. The molecule has 1 N–H and O–H groups in total. The molecule has 0 aliphatic carbocycles. The largest absolute Gasteiger partial charge is 0.497 e. The molecule has 0 spiro atoms. The molecule has 4 heteroatoms. The Labute approximate surface area is 173 Å². The third-order valence-electron chi connectivity index (χ3n) is 5.25. The van der Waals surface area contributed by atoms with Crippen molar-refractivity contribution in [3.63, 3.8) is 0 Å². The van der Waals surface area contributed by atoms with Crippen molar-refractivity contribution in [1.29, 1.82) is 0 Å². The van der Waals surface area contributed by atoms with Crippen LogP contribution in [-0.2, 0) is 5.60 Å². The van der Waals surface area contributed by atoms with Gasteiger partial charge in [-0.2, -0.15) is 0 Å². The Kier molecular flexibility index (Phi) is 4.86. The van der Waals surface area contributed by atoms with Crippen molar-refractivity contribution in [1.82, 2.24) is 0 Å². The Morgan fingerprint density at radius 1 is 0.963 bits per heavy atom. The summed E-state index contributed by atoms with van der Waals surface area (Å²) in [6.45, 7) is 1.87. The maximum absolute atomic E-state index is 11.7. The minimum absolute atomic E-state index is 0.252. The highest BCUT2D eigenvalue weighted by molar-refractivity contribution is 14.1. The monoisotopic (exact) mass is 472 g/mol. The van der Waals surface area contributed by atoms with Crippen LogP contribution in [0.5, 0.6) is 11.5 Å². The van der Waals surface area contributed by atoms with Gasteiger partial charge in [-0.15, -0.1) is 0 Å². The quantitative estimate of drug-likeness (QED) is 0.518. The molecular weight excluding hydrogens is 451 g/mol. The van der Waals surface area contributed by atoms with Crippen LogP contribution in [0.25, 0.3) is 0 Å². The molecular formula is C23H21IO3. The summed E-state index contributed by atoms with van der Waals surface area (Å²) >= 11 is 2.29. The van der Waals surface area contributed by atoms with E-state index in [1.54, 1.807) is 7.11 Å². The van der Waals surface area contributed by atoms with Crippen molar-refractivity contribution in [3.8, 4) is 11.5 Å². The van der Waals surface area contributed by atoms with Crippen molar-refractivity contribution < 1.29 is 14.6 Å². The number of ether oxygens (including phenoxy) is 2. The predicted octanol–water partition coefficient (Wildman–Crippen LogP) is 5.42. The Morgan fingerprint density at radius 2 is 1.67 bits per heavy atom. The number of hydrogen-bond acceptors (Lipinski definition) is 3. The average molecular weight is 472 g/mol.